The van der Waals surface area contributed by atoms with E-state index >= 15 is 0 Å². The summed E-state index contributed by atoms with van der Waals surface area (Å²) in [5.41, 5.74) is 6.78. The van der Waals surface area contributed by atoms with E-state index in [0.717, 1.165) is 30.0 Å². The number of rotatable bonds is 5. The van der Waals surface area contributed by atoms with Crippen LogP contribution in [0.5, 0.6) is 0 Å². The molecule has 3 aromatic rings. The van der Waals surface area contributed by atoms with Crippen molar-refractivity contribution >= 4 is 0 Å². The van der Waals surface area contributed by atoms with Crippen molar-refractivity contribution in [2.24, 2.45) is 7.05 Å². The van der Waals surface area contributed by atoms with Gasteiger partial charge in [-0.05, 0) is 24.6 Å². The Hall–Kier alpha value is -2.46. The number of aromatic nitrogens is 3. The maximum Gasteiger partial charge on any atom is 0.121 e. The van der Waals surface area contributed by atoms with Crippen molar-refractivity contribution in [3.63, 3.8) is 0 Å². The maximum absolute atomic E-state index is 4.44. The third kappa shape index (κ3) is 5.51. The lowest BCUT2D eigenvalue weighted by molar-refractivity contribution is 0.713. The molecular formula is C23H34N4. The van der Waals surface area contributed by atoms with Gasteiger partial charge < -0.3 is 5.32 Å². The highest BCUT2D eigenvalue weighted by atomic mass is 15.4. The molecule has 0 aliphatic carbocycles. The van der Waals surface area contributed by atoms with E-state index in [1.165, 1.54) is 16.7 Å². The lowest BCUT2D eigenvalue weighted by atomic mass is 9.98. The Labute approximate surface area is 164 Å². The molecule has 0 fully saturated rings. The summed E-state index contributed by atoms with van der Waals surface area (Å²) in [6, 6.07) is 16.8. The summed E-state index contributed by atoms with van der Waals surface area (Å²) in [6.07, 6.45) is 0. The van der Waals surface area contributed by atoms with Crippen LogP contribution >= 0.6 is 0 Å². The van der Waals surface area contributed by atoms with Crippen molar-refractivity contribution in [2.45, 2.75) is 48.1 Å². The molecule has 0 aliphatic rings. The minimum Gasteiger partial charge on any atom is -0.313 e. The van der Waals surface area contributed by atoms with Gasteiger partial charge in [-0.2, -0.15) is 0 Å². The van der Waals surface area contributed by atoms with Crippen LogP contribution in [0.4, 0.5) is 0 Å². The van der Waals surface area contributed by atoms with E-state index in [1.807, 2.05) is 51.6 Å². The molecule has 0 atom stereocenters. The Morgan fingerprint density at radius 2 is 1.48 bits per heavy atom. The first-order valence-corrected chi connectivity index (χ1v) is 9.97. The normalized spacial score (nSPS) is 9.74. The molecule has 1 heterocycles. The van der Waals surface area contributed by atoms with Crippen LogP contribution in [0, 0.1) is 6.92 Å². The minimum atomic E-state index is 0.838. The van der Waals surface area contributed by atoms with Crippen molar-refractivity contribution in [1.82, 2.24) is 20.3 Å². The zero-order chi connectivity index (χ0) is 20.2. The Kier molecular flexibility index (Phi) is 10.1. The molecule has 0 unspecified atom stereocenters. The first-order valence-electron chi connectivity index (χ1n) is 9.97. The van der Waals surface area contributed by atoms with Crippen LogP contribution in [0.3, 0.4) is 0 Å². The summed E-state index contributed by atoms with van der Waals surface area (Å²) < 4.78 is 1.87. The summed E-state index contributed by atoms with van der Waals surface area (Å²) in [7, 11) is 1.95. The molecule has 0 saturated heterocycles. The van der Waals surface area contributed by atoms with Gasteiger partial charge in [0.25, 0.3) is 0 Å². The molecule has 146 valence electrons. The summed E-state index contributed by atoms with van der Waals surface area (Å²) in [5.74, 6) is 0. The number of nitrogens with one attached hydrogen (secondary N) is 1. The molecule has 0 aliphatic heterocycles. The van der Waals surface area contributed by atoms with E-state index in [9.17, 15) is 0 Å². The molecule has 2 aromatic carbocycles. The Balaban J connectivity index is 0.000000855. The standard InChI is InChI=1S/C19H22N4.2C2H6/c1-4-20-13-15-10-6-8-12-17(15)19-18(21-22-23(19)3)16-11-7-5-9-14(16)2;2*1-2/h5-12,20H,4,13H2,1-3H3;2*1-2H3. The van der Waals surface area contributed by atoms with Crippen molar-refractivity contribution in [1.29, 1.82) is 0 Å². The van der Waals surface area contributed by atoms with Gasteiger partial charge in [-0.15, -0.1) is 5.10 Å². The lowest BCUT2D eigenvalue weighted by Gasteiger charge is -2.12. The van der Waals surface area contributed by atoms with Gasteiger partial charge in [-0.1, -0.05) is 88.4 Å². The lowest BCUT2D eigenvalue weighted by Crippen LogP contribution is -2.13. The van der Waals surface area contributed by atoms with E-state index in [1.54, 1.807) is 0 Å². The molecular weight excluding hydrogens is 332 g/mol. The van der Waals surface area contributed by atoms with E-state index < -0.39 is 0 Å². The topological polar surface area (TPSA) is 42.7 Å². The highest BCUT2D eigenvalue weighted by Gasteiger charge is 2.18. The van der Waals surface area contributed by atoms with Crippen LogP contribution in [0.1, 0.15) is 45.7 Å². The van der Waals surface area contributed by atoms with Crippen molar-refractivity contribution in [3.05, 3.63) is 59.7 Å². The quantitative estimate of drug-likeness (QED) is 0.637. The van der Waals surface area contributed by atoms with Crippen molar-refractivity contribution in [2.75, 3.05) is 6.54 Å². The van der Waals surface area contributed by atoms with Gasteiger partial charge >= 0.3 is 0 Å². The summed E-state index contributed by atoms with van der Waals surface area (Å²) in [6.45, 7) is 14.0. The Morgan fingerprint density at radius 3 is 2.11 bits per heavy atom. The zero-order valence-electron chi connectivity index (χ0n) is 17.9. The van der Waals surface area contributed by atoms with Gasteiger partial charge in [0, 0.05) is 24.7 Å². The second-order valence-electron chi connectivity index (χ2n) is 5.66. The molecule has 27 heavy (non-hydrogen) atoms. The van der Waals surface area contributed by atoms with Crippen LogP contribution in [-0.2, 0) is 13.6 Å². The average Bonchev–Trinajstić information content (AvgIpc) is 3.11. The molecule has 1 N–H and O–H groups in total. The largest absolute Gasteiger partial charge is 0.313 e. The van der Waals surface area contributed by atoms with E-state index in [2.05, 4.69) is 65.9 Å². The smallest absolute Gasteiger partial charge is 0.121 e. The SMILES string of the molecule is CC.CC.CCNCc1ccccc1-c1c(-c2ccccc2C)nnn1C. The van der Waals surface area contributed by atoms with Crippen LogP contribution in [-0.4, -0.2) is 21.5 Å². The predicted octanol–water partition coefficient (Wildman–Crippen LogP) is 5.62. The van der Waals surface area contributed by atoms with Crippen LogP contribution in [0.15, 0.2) is 48.5 Å². The molecule has 3 rings (SSSR count). The summed E-state index contributed by atoms with van der Waals surface area (Å²) >= 11 is 0. The molecule has 0 saturated carbocycles. The van der Waals surface area contributed by atoms with Crippen molar-refractivity contribution < 1.29 is 0 Å². The van der Waals surface area contributed by atoms with Gasteiger partial charge in [-0.3, -0.25) is 0 Å². The Morgan fingerprint density at radius 1 is 0.889 bits per heavy atom. The monoisotopic (exact) mass is 366 g/mol. The van der Waals surface area contributed by atoms with Gasteiger partial charge in [-0.25, -0.2) is 4.68 Å². The molecule has 0 amide bonds. The van der Waals surface area contributed by atoms with Crippen LogP contribution < -0.4 is 5.32 Å². The van der Waals surface area contributed by atoms with Gasteiger partial charge in [0.05, 0.1) is 5.69 Å². The molecule has 0 radical (unpaired) electrons. The molecule has 0 bridgehead atoms. The summed E-state index contributed by atoms with van der Waals surface area (Å²) in [4.78, 5) is 0. The highest BCUT2D eigenvalue weighted by Crippen LogP contribution is 2.33. The number of hydrogen-bond acceptors (Lipinski definition) is 3. The first-order chi connectivity index (χ1) is 13.2. The molecule has 0 spiro atoms. The number of nitrogens with zero attached hydrogens (tertiary/aromatic N) is 3. The van der Waals surface area contributed by atoms with Gasteiger partial charge in [0.15, 0.2) is 0 Å². The maximum atomic E-state index is 4.44. The molecule has 4 nitrogen and oxygen atoms in total. The van der Waals surface area contributed by atoms with Crippen LogP contribution in [0.25, 0.3) is 22.5 Å². The van der Waals surface area contributed by atoms with Crippen LogP contribution in [0.2, 0.25) is 0 Å². The van der Waals surface area contributed by atoms with E-state index in [4.69, 9.17) is 0 Å². The Bertz CT molecular complexity index is 806. The predicted molar refractivity (Wildman–Crippen MR) is 117 cm³/mol. The fraction of sp³-hybridized carbons (Fsp3) is 0.391. The van der Waals surface area contributed by atoms with Gasteiger partial charge in [0.2, 0.25) is 0 Å². The number of benzene rings is 2. The number of aryl methyl sites for hydroxylation is 2. The first kappa shape index (κ1) is 22.6. The molecule has 1 aromatic heterocycles. The number of hydrogen-bond donors (Lipinski definition) is 1. The van der Waals surface area contributed by atoms with E-state index in [0.29, 0.717) is 0 Å². The fourth-order valence-electron chi connectivity index (χ4n) is 2.84. The average molecular weight is 367 g/mol. The van der Waals surface area contributed by atoms with E-state index in [-0.39, 0.29) is 0 Å². The second-order valence-corrected chi connectivity index (χ2v) is 5.66. The van der Waals surface area contributed by atoms with Gasteiger partial charge in [0.1, 0.15) is 5.69 Å². The third-order valence-corrected chi connectivity index (χ3v) is 4.06. The minimum absolute atomic E-state index is 0.838. The summed E-state index contributed by atoms with van der Waals surface area (Å²) in [5, 5.41) is 12.1. The second kappa shape index (κ2) is 12.0. The molecule has 4 heteroatoms. The highest BCUT2D eigenvalue weighted by molar-refractivity contribution is 5.81. The van der Waals surface area contributed by atoms with Crippen molar-refractivity contribution in [3.8, 4) is 22.5 Å². The third-order valence-electron chi connectivity index (χ3n) is 4.06. The fourth-order valence-corrected chi connectivity index (χ4v) is 2.84. The zero-order valence-corrected chi connectivity index (χ0v) is 17.9.